The fourth-order valence-corrected chi connectivity index (χ4v) is 6.67. The van der Waals surface area contributed by atoms with E-state index in [0.29, 0.717) is 32.2 Å². The Morgan fingerprint density at radius 2 is 1.69 bits per heavy atom. The molecule has 1 aliphatic carbocycles. The zero-order valence-electron chi connectivity index (χ0n) is 28.7. The Balaban J connectivity index is 1.60. The number of piperidine rings is 1. The number of fused-ring (bicyclic) bond motifs is 1. The quantitative estimate of drug-likeness (QED) is 0.104. The van der Waals surface area contributed by atoms with Crippen LogP contribution < -0.4 is 10.1 Å². The molecule has 2 amide bonds. The molecule has 0 spiro atoms. The van der Waals surface area contributed by atoms with Crippen molar-refractivity contribution in [1.29, 1.82) is 0 Å². The molecule has 266 valence electrons. The smallest absolute Gasteiger partial charge is 0.412 e. The van der Waals surface area contributed by atoms with Crippen LogP contribution in [-0.2, 0) is 28.7 Å². The van der Waals surface area contributed by atoms with E-state index in [-0.39, 0.29) is 72.8 Å². The number of ketones is 1. The normalized spacial score (nSPS) is 20.6. The van der Waals surface area contributed by atoms with Gasteiger partial charge in [-0.3, -0.25) is 29.3 Å². The number of hydrogen-bond acceptors (Lipinski definition) is 11. The topological polar surface area (TPSA) is 192 Å². The number of nitro benzene ring substituents is 1. The molecule has 3 rings (SSSR count). The number of nitro groups is 1. The number of amides is 2. The Hall–Kier alpha value is -4.07. The van der Waals surface area contributed by atoms with Crippen LogP contribution in [0.3, 0.4) is 0 Å². The molecule has 0 aromatic heterocycles. The summed E-state index contributed by atoms with van der Waals surface area (Å²) < 4.78 is 15.6. The maximum absolute atomic E-state index is 13.9. The van der Waals surface area contributed by atoms with E-state index in [2.05, 4.69) is 19.2 Å². The van der Waals surface area contributed by atoms with E-state index in [1.165, 1.54) is 31.4 Å². The maximum Gasteiger partial charge on any atom is 0.412 e. The third-order valence-corrected chi connectivity index (χ3v) is 9.20. The first-order valence-corrected chi connectivity index (χ1v) is 16.4. The van der Waals surface area contributed by atoms with Crippen LogP contribution >= 0.6 is 0 Å². The number of Topliss-reactive ketones (excluding diaryl/α,β-unsaturated/α-hetero) is 1. The summed E-state index contributed by atoms with van der Waals surface area (Å²) in [4.78, 5) is 77.1. The number of hydrogen-bond donors (Lipinski definition) is 2. The van der Waals surface area contributed by atoms with Gasteiger partial charge in [-0.2, -0.15) is 0 Å². The molecule has 1 aromatic rings. The predicted octanol–water partition coefficient (Wildman–Crippen LogP) is 4.21. The van der Waals surface area contributed by atoms with Gasteiger partial charge in [0.15, 0.2) is 5.78 Å². The summed E-state index contributed by atoms with van der Waals surface area (Å²) >= 11 is 0. The summed E-state index contributed by atoms with van der Waals surface area (Å²) in [7, 11) is 1.25. The number of carbonyl (C=O) groups is 5. The number of methoxy groups -OCH3 is 1. The van der Waals surface area contributed by atoms with Crippen molar-refractivity contribution in [2.45, 2.75) is 91.2 Å². The maximum atomic E-state index is 13.9. The van der Waals surface area contributed by atoms with E-state index in [9.17, 15) is 39.2 Å². The molecule has 14 nitrogen and oxygen atoms in total. The van der Waals surface area contributed by atoms with Crippen molar-refractivity contribution in [2.75, 3.05) is 26.8 Å². The van der Waals surface area contributed by atoms with Gasteiger partial charge in [0.25, 0.3) is 5.69 Å². The molecule has 48 heavy (non-hydrogen) atoms. The van der Waals surface area contributed by atoms with Crippen LogP contribution in [0.5, 0.6) is 5.75 Å². The Kier molecular flexibility index (Phi) is 13.1. The van der Waals surface area contributed by atoms with Gasteiger partial charge in [-0.25, -0.2) is 4.79 Å². The highest BCUT2D eigenvalue weighted by molar-refractivity contribution is 5.94. The molecule has 1 aliphatic heterocycles. The number of aliphatic hydroxyl groups excluding tert-OH is 1. The Morgan fingerprint density at radius 1 is 1.04 bits per heavy atom. The average Bonchev–Trinajstić information content (AvgIpc) is 3.32. The van der Waals surface area contributed by atoms with Gasteiger partial charge in [0.1, 0.15) is 11.4 Å². The number of carbonyl (C=O) groups excluding carboxylic acids is 5. The molecule has 0 bridgehead atoms. The number of aliphatic hydroxyl groups is 1. The molecular weight excluding hydrogens is 626 g/mol. The van der Waals surface area contributed by atoms with Crippen LogP contribution in [0.1, 0.15) is 79.6 Å². The molecular formula is C34H49N3O11. The van der Waals surface area contributed by atoms with Crippen molar-refractivity contribution in [3.05, 3.63) is 34.4 Å². The second-order valence-electron chi connectivity index (χ2n) is 14.2. The molecule has 2 unspecified atom stereocenters. The molecule has 14 heteroatoms. The van der Waals surface area contributed by atoms with Gasteiger partial charge < -0.3 is 29.5 Å². The zero-order chi connectivity index (χ0) is 35.8. The first-order valence-electron chi connectivity index (χ1n) is 16.4. The molecule has 1 saturated carbocycles. The molecule has 2 N–H and O–H groups in total. The minimum Gasteiger partial charge on any atom is -0.469 e. The summed E-state index contributed by atoms with van der Waals surface area (Å²) in [6.07, 6.45) is 0.835. The van der Waals surface area contributed by atoms with Crippen molar-refractivity contribution in [2.24, 2.45) is 29.1 Å². The van der Waals surface area contributed by atoms with Gasteiger partial charge in [0, 0.05) is 44.2 Å². The Labute approximate surface area is 281 Å². The summed E-state index contributed by atoms with van der Waals surface area (Å²) in [5, 5.41) is 22.8. The number of benzene rings is 1. The molecule has 0 radical (unpaired) electrons. The van der Waals surface area contributed by atoms with Crippen LogP contribution in [-0.4, -0.2) is 83.1 Å². The minimum absolute atomic E-state index is 0.0711. The highest BCUT2D eigenvalue weighted by Gasteiger charge is 2.69. The minimum atomic E-state index is -0.751. The SMILES string of the molecule is COC(=O)C(CCCCNC(=O)Oc1ccc([N+](=O)[O-])cc1)CC(=O)[C@@H]1[C@@H]2C(CN1C(=O)[C@H](CCCO)CC(=O)OC(C)(C)C)C2(C)C. The molecule has 1 saturated heterocycles. The van der Waals surface area contributed by atoms with E-state index >= 15 is 0 Å². The van der Waals surface area contributed by atoms with Gasteiger partial charge in [-0.1, -0.05) is 20.3 Å². The van der Waals surface area contributed by atoms with Crippen LogP contribution in [0.25, 0.3) is 0 Å². The van der Waals surface area contributed by atoms with Crippen LogP contribution in [0.2, 0.25) is 0 Å². The standard InChI is InChI=1S/C34H49N3O11/c1-33(2,3)48-27(40)19-21(11-9-17-38)30(41)36-20-25-28(34(25,4)5)29(36)26(39)18-22(31(42)46-6)10-7-8-16-35-32(43)47-24-14-12-23(13-15-24)37(44)45/h12-15,21-22,25,28-29,38H,7-11,16-20H2,1-6H3,(H,35,43)/t21-,22?,25?,28+,29-/m1/s1. The van der Waals surface area contributed by atoms with Crippen LogP contribution in [0.4, 0.5) is 10.5 Å². The summed E-state index contributed by atoms with van der Waals surface area (Å²) in [6.45, 7) is 9.81. The molecule has 1 aromatic carbocycles. The monoisotopic (exact) mass is 675 g/mol. The lowest BCUT2D eigenvalue weighted by atomic mass is 9.89. The van der Waals surface area contributed by atoms with Crippen molar-refractivity contribution >= 4 is 35.4 Å². The van der Waals surface area contributed by atoms with Gasteiger partial charge in [0.05, 0.1) is 30.4 Å². The zero-order valence-corrected chi connectivity index (χ0v) is 28.7. The van der Waals surface area contributed by atoms with Crippen molar-refractivity contribution in [1.82, 2.24) is 10.2 Å². The lowest BCUT2D eigenvalue weighted by Crippen LogP contribution is -2.48. The number of unbranched alkanes of at least 4 members (excludes halogenated alkanes) is 1. The third kappa shape index (κ3) is 10.2. The Bertz CT molecular complexity index is 1340. The van der Waals surface area contributed by atoms with E-state index < -0.39 is 46.4 Å². The molecule has 2 aliphatic rings. The number of esters is 2. The second kappa shape index (κ2) is 16.4. The lowest BCUT2D eigenvalue weighted by molar-refractivity contribution is -0.384. The van der Waals surface area contributed by atoms with E-state index in [1.807, 2.05) is 0 Å². The number of nitrogens with one attached hydrogen (secondary N) is 1. The molecule has 2 fully saturated rings. The fourth-order valence-electron chi connectivity index (χ4n) is 6.67. The second-order valence-corrected chi connectivity index (χ2v) is 14.2. The number of rotatable bonds is 17. The largest absolute Gasteiger partial charge is 0.469 e. The number of nitrogens with zero attached hydrogens (tertiary/aromatic N) is 2. The average molecular weight is 676 g/mol. The van der Waals surface area contributed by atoms with E-state index in [0.717, 1.165) is 0 Å². The number of non-ortho nitro benzene ring substituents is 1. The fraction of sp³-hybridized carbons (Fsp3) is 0.676. The van der Waals surface area contributed by atoms with Crippen molar-refractivity contribution < 1.29 is 48.2 Å². The highest BCUT2D eigenvalue weighted by atomic mass is 16.6. The number of ether oxygens (including phenoxy) is 3. The summed E-state index contributed by atoms with van der Waals surface area (Å²) in [5.74, 6) is -2.93. The first kappa shape index (κ1) is 38.4. The lowest BCUT2D eigenvalue weighted by Gasteiger charge is -2.33. The third-order valence-electron chi connectivity index (χ3n) is 9.20. The first-order chi connectivity index (χ1) is 22.5. The Morgan fingerprint density at radius 3 is 2.27 bits per heavy atom. The summed E-state index contributed by atoms with van der Waals surface area (Å²) in [6, 6.07) is 4.34. The van der Waals surface area contributed by atoms with Crippen molar-refractivity contribution in [3.8, 4) is 5.75 Å². The van der Waals surface area contributed by atoms with Crippen LogP contribution in [0, 0.1) is 39.2 Å². The van der Waals surface area contributed by atoms with Gasteiger partial charge >= 0.3 is 18.0 Å². The van der Waals surface area contributed by atoms with Gasteiger partial charge in [-0.05, 0) is 75.8 Å². The van der Waals surface area contributed by atoms with Gasteiger partial charge in [0.2, 0.25) is 5.91 Å². The summed E-state index contributed by atoms with van der Waals surface area (Å²) in [5.41, 5.74) is -1.01. The van der Waals surface area contributed by atoms with Gasteiger partial charge in [-0.15, -0.1) is 0 Å². The molecule has 1 heterocycles. The van der Waals surface area contributed by atoms with E-state index in [1.54, 1.807) is 25.7 Å². The predicted molar refractivity (Wildman–Crippen MR) is 173 cm³/mol. The van der Waals surface area contributed by atoms with Crippen LogP contribution in [0.15, 0.2) is 24.3 Å². The number of likely N-dealkylation sites (tertiary alicyclic amines) is 1. The van der Waals surface area contributed by atoms with E-state index in [4.69, 9.17) is 14.2 Å². The highest BCUT2D eigenvalue weighted by Crippen LogP contribution is 2.65. The van der Waals surface area contributed by atoms with Crippen molar-refractivity contribution in [3.63, 3.8) is 0 Å². The molecule has 5 atom stereocenters.